The maximum atomic E-state index is 10.1. The van der Waals surface area contributed by atoms with E-state index in [-0.39, 0.29) is 0 Å². The van der Waals surface area contributed by atoms with Gasteiger partial charge < -0.3 is 9.84 Å². The molecule has 1 heterocycles. The van der Waals surface area contributed by atoms with E-state index in [2.05, 4.69) is 4.90 Å². The molecule has 1 aromatic rings. The fraction of sp³-hybridized carbons (Fsp3) is 0.625. The van der Waals surface area contributed by atoms with Crippen LogP contribution in [0.25, 0.3) is 0 Å². The first-order valence-corrected chi connectivity index (χ1v) is 7.38. The number of nitrogens with zero attached hydrogens (tertiary/aromatic N) is 1. The molecule has 3 heteroatoms. The van der Waals surface area contributed by atoms with E-state index in [1.54, 1.807) is 13.2 Å². The molecule has 2 fully saturated rings. The van der Waals surface area contributed by atoms with Gasteiger partial charge in [-0.05, 0) is 44.2 Å². The van der Waals surface area contributed by atoms with Crippen LogP contribution in [0.1, 0.15) is 37.7 Å². The van der Waals surface area contributed by atoms with Crippen LogP contribution in [0.4, 0.5) is 0 Å². The molecule has 3 rings (SSSR count). The normalized spacial score (nSPS) is 27.2. The first-order chi connectivity index (χ1) is 9.28. The summed E-state index contributed by atoms with van der Waals surface area (Å²) in [5.41, 5.74) is 1.02. The molecule has 1 N–H and O–H groups in total. The summed E-state index contributed by atoms with van der Waals surface area (Å²) in [4.78, 5) is 2.57. The van der Waals surface area contributed by atoms with Crippen LogP contribution in [0.2, 0.25) is 0 Å². The van der Waals surface area contributed by atoms with Crippen LogP contribution in [0.5, 0.6) is 11.5 Å². The van der Waals surface area contributed by atoms with Crippen molar-refractivity contribution in [2.45, 2.75) is 44.7 Å². The maximum absolute atomic E-state index is 10.1. The van der Waals surface area contributed by atoms with E-state index < -0.39 is 0 Å². The Kier molecular flexibility index (Phi) is 3.65. The van der Waals surface area contributed by atoms with Gasteiger partial charge in [-0.2, -0.15) is 0 Å². The Morgan fingerprint density at radius 2 is 2.11 bits per heavy atom. The first-order valence-electron chi connectivity index (χ1n) is 7.38. The zero-order chi connectivity index (χ0) is 13.2. The number of rotatable bonds is 3. The Morgan fingerprint density at radius 1 is 1.26 bits per heavy atom. The predicted octanol–water partition coefficient (Wildman–Crippen LogP) is 3.17. The summed E-state index contributed by atoms with van der Waals surface area (Å²) in [6.45, 7) is 2.05. The average Bonchev–Trinajstić information content (AvgIpc) is 2.90. The molecular formula is C16H23NO2. The van der Waals surface area contributed by atoms with Crippen molar-refractivity contribution >= 4 is 0 Å². The molecule has 1 aliphatic carbocycles. The Bertz CT molecular complexity index is 446. The Morgan fingerprint density at radius 3 is 2.89 bits per heavy atom. The average molecular weight is 261 g/mol. The number of aromatic hydroxyl groups is 1. The third-order valence-electron chi connectivity index (χ3n) is 4.77. The van der Waals surface area contributed by atoms with Crippen molar-refractivity contribution in [3.8, 4) is 11.5 Å². The fourth-order valence-electron chi connectivity index (χ4n) is 3.78. The van der Waals surface area contributed by atoms with Gasteiger partial charge >= 0.3 is 0 Å². The monoisotopic (exact) mass is 261 g/mol. The minimum atomic E-state index is 0.361. The highest BCUT2D eigenvalue weighted by molar-refractivity contribution is 5.39. The third-order valence-corrected chi connectivity index (χ3v) is 4.77. The highest BCUT2D eigenvalue weighted by Gasteiger charge is 2.34. The molecule has 3 nitrogen and oxygen atoms in total. The highest BCUT2D eigenvalue weighted by Crippen LogP contribution is 2.38. The molecule has 1 saturated carbocycles. The number of hydrogen-bond acceptors (Lipinski definition) is 3. The lowest BCUT2D eigenvalue weighted by Gasteiger charge is -2.37. The summed E-state index contributed by atoms with van der Waals surface area (Å²) in [6, 6.07) is 6.39. The van der Waals surface area contributed by atoms with Crippen molar-refractivity contribution < 1.29 is 9.84 Å². The Hall–Kier alpha value is -1.22. The van der Waals surface area contributed by atoms with Crippen molar-refractivity contribution in [2.75, 3.05) is 13.7 Å². The smallest absolute Gasteiger partial charge is 0.123 e. The fourth-order valence-corrected chi connectivity index (χ4v) is 3.78. The van der Waals surface area contributed by atoms with Gasteiger partial charge in [0.25, 0.3) is 0 Å². The van der Waals surface area contributed by atoms with Crippen LogP contribution in [0.3, 0.4) is 0 Å². The lowest BCUT2D eigenvalue weighted by atomic mass is 9.91. The summed E-state index contributed by atoms with van der Waals surface area (Å²) in [5.74, 6) is 1.98. The molecule has 0 amide bonds. The topological polar surface area (TPSA) is 32.7 Å². The number of phenols is 1. The third kappa shape index (κ3) is 2.57. The van der Waals surface area contributed by atoms with Crippen LogP contribution in [0.15, 0.2) is 18.2 Å². The predicted molar refractivity (Wildman–Crippen MR) is 75.4 cm³/mol. The van der Waals surface area contributed by atoms with Crippen molar-refractivity contribution in [3.63, 3.8) is 0 Å². The number of likely N-dealkylation sites (tertiary alicyclic amines) is 1. The first kappa shape index (κ1) is 12.8. The number of phenolic OH excluding ortho intramolecular Hbond substituents is 1. The highest BCUT2D eigenvalue weighted by atomic mass is 16.5. The van der Waals surface area contributed by atoms with E-state index in [9.17, 15) is 5.11 Å². The van der Waals surface area contributed by atoms with E-state index in [0.717, 1.165) is 29.8 Å². The summed E-state index contributed by atoms with van der Waals surface area (Å²) in [7, 11) is 1.63. The quantitative estimate of drug-likeness (QED) is 0.907. The van der Waals surface area contributed by atoms with Gasteiger partial charge in [-0.25, -0.2) is 0 Å². The number of fused-ring (bicyclic) bond motifs is 1. The van der Waals surface area contributed by atoms with E-state index in [4.69, 9.17) is 4.74 Å². The number of methoxy groups -OCH3 is 1. The van der Waals surface area contributed by atoms with Crippen molar-refractivity contribution in [1.82, 2.24) is 4.90 Å². The number of ether oxygens (including phenoxy) is 1. The molecule has 0 bridgehead atoms. The minimum Gasteiger partial charge on any atom is -0.507 e. The van der Waals surface area contributed by atoms with Gasteiger partial charge in [0.05, 0.1) is 7.11 Å². The van der Waals surface area contributed by atoms with Gasteiger partial charge in [-0.1, -0.05) is 12.5 Å². The van der Waals surface area contributed by atoms with E-state index in [0.29, 0.717) is 5.75 Å². The lowest BCUT2D eigenvalue weighted by molar-refractivity contribution is 0.105. The maximum Gasteiger partial charge on any atom is 0.123 e. The van der Waals surface area contributed by atoms with Gasteiger partial charge in [0, 0.05) is 24.2 Å². The summed E-state index contributed by atoms with van der Waals surface area (Å²) < 4.78 is 5.14. The largest absolute Gasteiger partial charge is 0.507 e. The number of hydrogen-bond donors (Lipinski definition) is 1. The van der Waals surface area contributed by atoms with Crippen molar-refractivity contribution in [1.29, 1.82) is 0 Å². The van der Waals surface area contributed by atoms with Gasteiger partial charge in [-0.3, -0.25) is 4.90 Å². The second-order valence-electron chi connectivity index (χ2n) is 5.87. The van der Waals surface area contributed by atoms with Crippen LogP contribution < -0.4 is 4.74 Å². The van der Waals surface area contributed by atoms with Crippen LogP contribution >= 0.6 is 0 Å². The van der Waals surface area contributed by atoms with Crippen LogP contribution in [-0.4, -0.2) is 29.7 Å². The molecule has 1 saturated heterocycles. The van der Waals surface area contributed by atoms with Crippen molar-refractivity contribution in [2.24, 2.45) is 5.92 Å². The standard InChI is InChI=1S/C16H23NO2/c1-19-14-8-7-13(16(18)10-14)11-17-9-3-5-12-4-2-6-15(12)17/h7-8,10,12,15,18H,2-6,9,11H2,1H3. The molecule has 1 aromatic carbocycles. The molecule has 2 aliphatic rings. The van der Waals surface area contributed by atoms with Crippen LogP contribution in [-0.2, 0) is 6.54 Å². The molecule has 2 unspecified atom stereocenters. The van der Waals surface area contributed by atoms with E-state index in [1.807, 2.05) is 12.1 Å². The second kappa shape index (κ2) is 5.41. The zero-order valence-electron chi connectivity index (χ0n) is 11.6. The van der Waals surface area contributed by atoms with Gasteiger partial charge in [-0.15, -0.1) is 0 Å². The molecule has 2 atom stereocenters. The number of piperidine rings is 1. The lowest BCUT2D eigenvalue weighted by Crippen LogP contribution is -2.41. The summed E-state index contributed by atoms with van der Waals surface area (Å²) in [5, 5.41) is 10.1. The van der Waals surface area contributed by atoms with Gasteiger partial charge in [0.2, 0.25) is 0 Å². The molecule has 0 spiro atoms. The SMILES string of the molecule is COc1ccc(CN2CCCC3CCCC32)c(O)c1. The molecule has 0 aromatic heterocycles. The molecule has 19 heavy (non-hydrogen) atoms. The second-order valence-corrected chi connectivity index (χ2v) is 5.87. The van der Waals surface area contributed by atoms with E-state index >= 15 is 0 Å². The molecular weight excluding hydrogens is 238 g/mol. The van der Waals surface area contributed by atoms with Gasteiger partial charge in [0.15, 0.2) is 0 Å². The Labute approximate surface area is 115 Å². The van der Waals surface area contributed by atoms with Gasteiger partial charge in [0.1, 0.15) is 11.5 Å². The molecule has 1 aliphatic heterocycles. The molecule has 0 radical (unpaired) electrons. The Balaban J connectivity index is 1.73. The molecule has 104 valence electrons. The zero-order valence-corrected chi connectivity index (χ0v) is 11.6. The summed E-state index contributed by atoms with van der Waals surface area (Å²) in [6.07, 6.45) is 6.81. The number of benzene rings is 1. The van der Waals surface area contributed by atoms with Crippen molar-refractivity contribution in [3.05, 3.63) is 23.8 Å². The van der Waals surface area contributed by atoms with E-state index in [1.165, 1.54) is 38.6 Å². The minimum absolute atomic E-state index is 0.361. The van der Waals surface area contributed by atoms with Crippen LogP contribution in [0, 0.1) is 5.92 Å². The summed E-state index contributed by atoms with van der Waals surface area (Å²) >= 11 is 0.